The van der Waals surface area contributed by atoms with Crippen molar-refractivity contribution in [1.29, 1.82) is 0 Å². The van der Waals surface area contributed by atoms with Crippen LogP contribution in [0.25, 0.3) is 0 Å². The van der Waals surface area contributed by atoms with Crippen molar-refractivity contribution in [2.75, 3.05) is 29.7 Å². The molecular weight excluding hydrogens is 271 g/mol. The smallest absolute Gasteiger partial charge is 0.167 e. The highest BCUT2D eigenvalue weighted by Crippen LogP contribution is 2.33. The maximum Gasteiger partial charge on any atom is 0.167 e. The highest BCUT2D eigenvalue weighted by molar-refractivity contribution is 7.91. The van der Waals surface area contributed by atoms with Gasteiger partial charge in [-0.05, 0) is 13.3 Å². The third kappa shape index (κ3) is 2.91. The van der Waals surface area contributed by atoms with Crippen LogP contribution in [0.1, 0.15) is 13.3 Å². The Kier molecular flexibility index (Phi) is 3.34. The first kappa shape index (κ1) is 13.9. The summed E-state index contributed by atoms with van der Waals surface area (Å²) in [6.07, 6.45) is 0.495. The van der Waals surface area contributed by atoms with E-state index in [2.05, 4.69) is 5.32 Å². The summed E-state index contributed by atoms with van der Waals surface area (Å²) in [7, 11) is -1.66. The number of ether oxygens (including phenoxy) is 1. The van der Waals surface area contributed by atoms with Gasteiger partial charge in [0, 0.05) is 17.7 Å². The number of sulfone groups is 1. The molecule has 0 aromatic heterocycles. The molecule has 7 heteroatoms. The van der Waals surface area contributed by atoms with Gasteiger partial charge in [0.2, 0.25) is 0 Å². The monoisotopic (exact) mass is 288 g/mol. The van der Waals surface area contributed by atoms with E-state index in [1.165, 1.54) is 13.2 Å². The molecular formula is C12H17FN2O3S. The fourth-order valence-electron chi connectivity index (χ4n) is 2.27. The SMILES string of the molecule is COc1cc(NC2(C)CCS(=O)(=O)C2)c(N)cc1F. The van der Waals surface area contributed by atoms with Gasteiger partial charge in [-0.2, -0.15) is 0 Å². The molecule has 1 saturated heterocycles. The topological polar surface area (TPSA) is 81.4 Å². The Morgan fingerprint density at radius 1 is 1.47 bits per heavy atom. The number of nitrogens with two attached hydrogens (primary N) is 1. The third-order valence-corrected chi connectivity index (χ3v) is 5.17. The molecule has 1 aliphatic rings. The van der Waals surface area contributed by atoms with Crippen LogP contribution in [0.5, 0.6) is 5.75 Å². The summed E-state index contributed by atoms with van der Waals surface area (Å²) in [5.41, 5.74) is 5.86. The van der Waals surface area contributed by atoms with Crippen LogP contribution in [0.4, 0.5) is 15.8 Å². The van der Waals surface area contributed by atoms with Gasteiger partial charge in [0.15, 0.2) is 21.4 Å². The first-order chi connectivity index (χ1) is 8.75. The molecule has 3 N–H and O–H groups in total. The molecule has 0 saturated carbocycles. The third-order valence-electron chi connectivity index (χ3n) is 3.26. The lowest BCUT2D eigenvalue weighted by molar-refractivity contribution is 0.387. The summed E-state index contributed by atoms with van der Waals surface area (Å²) in [4.78, 5) is 0. The van der Waals surface area contributed by atoms with Crippen LogP contribution in [0, 0.1) is 5.82 Å². The zero-order valence-corrected chi connectivity index (χ0v) is 11.7. The Bertz CT molecular complexity index is 603. The van der Waals surface area contributed by atoms with Crippen LogP contribution in [-0.2, 0) is 9.84 Å². The largest absolute Gasteiger partial charge is 0.494 e. The van der Waals surface area contributed by atoms with Crippen molar-refractivity contribution in [3.63, 3.8) is 0 Å². The van der Waals surface area contributed by atoms with Crippen LogP contribution in [-0.4, -0.2) is 32.6 Å². The number of rotatable bonds is 3. The van der Waals surface area contributed by atoms with E-state index < -0.39 is 21.2 Å². The van der Waals surface area contributed by atoms with Gasteiger partial charge in [-0.1, -0.05) is 0 Å². The first-order valence-electron chi connectivity index (χ1n) is 5.86. The highest BCUT2D eigenvalue weighted by Gasteiger charge is 2.38. The van der Waals surface area contributed by atoms with Gasteiger partial charge in [-0.25, -0.2) is 12.8 Å². The molecule has 1 aliphatic heterocycles. The number of benzene rings is 1. The van der Waals surface area contributed by atoms with Crippen molar-refractivity contribution >= 4 is 21.2 Å². The van der Waals surface area contributed by atoms with E-state index in [1.54, 1.807) is 0 Å². The Labute approximate surface area is 111 Å². The minimum atomic E-state index is -3.02. The number of anilines is 2. The Morgan fingerprint density at radius 2 is 2.16 bits per heavy atom. The van der Waals surface area contributed by atoms with Crippen molar-refractivity contribution in [3.8, 4) is 5.75 Å². The van der Waals surface area contributed by atoms with E-state index in [0.717, 1.165) is 6.07 Å². The van der Waals surface area contributed by atoms with E-state index in [-0.39, 0.29) is 22.9 Å². The van der Waals surface area contributed by atoms with E-state index in [4.69, 9.17) is 10.5 Å². The highest BCUT2D eigenvalue weighted by atomic mass is 32.2. The molecule has 106 valence electrons. The number of halogens is 1. The molecule has 1 aromatic rings. The fourth-order valence-corrected chi connectivity index (χ4v) is 4.36. The average Bonchev–Trinajstić information content (AvgIpc) is 2.57. The van der Waals surface area contributed by atoms with Crippen LogP contribution < -0.4 is 15.8 Å². The summed E-state index contributed by atoms with van der Waals surface area (Å²) in [5.74, 6) is -0.288. The summed E-state index contributed by atoms with van der Waals surface area (Å²) in [5, 5.41) is 3.09. The van der Waals surface area contributed by atoms with E-state index in [0.29, 0.717) is 12.1 Å². The lowest BCUT2D eigenvalue weighted by Gasteiger charge is -2.26. The number of nitrogen functional groups attached to an aromatic ring is 1. The second-order valence-electron chi connectivity index (χ2n) is 5.10. The van der Waals surface area contributed by atoms with Gasteiger partial charge in [-0.15, -0.1) is 0 Å². The summed E-state index contributed by atoms with van der Waals surface area (Å²) < 4.78 is 41.4. The van der Waals surface area contributed by atoms with Crippen molar-refractivity contribution in [2.45, 2.75) is 18.9 Å². The normalized spacial score (nSPS) is 25.2. The fraction of sp³-hybridized carbons (Fsp3) is 0.500. The number of hydrogen-bond donors (Lipinski definition) is 2. The lowest BCUT2D eigenvalue weighted by atomic mass is 10.0. The molecule has 1 heterocycles. The molecule has 0 spiro atoms. The van der Waals surface area contributed by atoms with E-state index in [1.807, 2.05) is 6.92 Å². The van der Waals surface area contributed by atoms with Crippen molar-refractivity contribution < 1.29 is 17.5 Å². The van der Waals surface area contributed by atoms with Crippen LogP contribution in [0.15, 0.2) is 12.1 Å². The van der Waals surface area contributed by atoms with E-state index in [9.17, 15) is 12.8 Å². The zero-order valence-electron chi connectivity index (χ0n) is 10.9. The molecule has 1 atom stereocenters. The van der Waals surface area contributed by atoms with Gasteiger partial charge in [0.25, 0.3) is 0 Å². The van der Waals surface area contributed by atoms with Gasteiger partial charge in [0.1, 0.15) is 0 Å². The summed E-state index contributed by atoms with van der Waals surface area (Å²) in [6.45, 7) is 1.81. The standard InChI is InChI=1S/C12H17FN2O3S/c1-12(3-4-19(16,17)7-12)15-10-6-11(18-2)8(13)5-9(10)14/h5-6,15H,3-4,7,14H2,1-2H3. The van der Waals surface area contributed by atoms with Gasteiger partial charge >= 0.3 is 0 Å². The Morgan fingerprint density at radius 3 is 2.68 bits per heavy atom. The molecule has 1 fully saturated rings. The molecule has 0 radical (unpaired) electrons. The van der Waals surface area contributed by atoms with Crippen molar-refractivity contribution in [3.05, 3.63) is 17.9 Å². The van der Waals surface area contributed by atoms with E-state index >= 15 is 0 Å². The maximum absolute atomic E-state index is 13.4. The van der Waals surface area contributed by atoms with Crippen LogP contribution in [0.2, 0.25) is 0 Å². The minimum Gasteiger partial charge on any atom is -0.494 e. The van der Waals surface area contributed by atoms with Crippen molar-refractivity contribution in [1.82, 2.24) is 0 Å². The number of methoxy groups -OCH3 is 1. The summed E-state index contributed by atoms with van der Waals surface area (Å²) in [6, 6.07) is 2.61. The molecule has 19 heavy (non-hydrogen) atoms. The minimum absolute atomic E-state index is 0.0408. The van der Waals surface area contributed by atoms with Crippen LogP contribution in [0.3, 0.4) is 0 Å². The quantitative estimate of drug-likeness (QED) is 0.822. The van der Waals surface area contributed by atoms with Crippen LogP contribution >= 0.6 is 0 Å². The second kappa shape index (κ2) is 4.56. The zero-order chi connectivity index (χ0) is 14.3. The van der Waals surface area contributed by atoms with Gasteiger partial charge < -0.3 is 15.8 Å². The van der Waals surface area contributed by atoms with Gasteiger partial charge in [0.05, 0.1) is 30.0 Å². The molecule has 0 aliphatic carbocycles. The predicted molar refractivity (Wildman–Crippen MR) is 72.7 cm³/mol. The lowest BCUT2D eigenvalue weighted by Crippen LogP contribution is -2.36. The molecule has 1 aromatic carbocycles. The Hall–Kier alpha value is -1.50. The Balaban J connectivity index is 2.29. The average molecular weight is 288 g/mol. The number of hydrogen-bond acceptors (Lipinski definition) is 5. The predicted octanol–water partition coefficient (Wildman–Crippen LogP) is 1.41. The van der Waals surface area contributed by atoms with Crippen molar-refractivity contribution in [2.24, 2.45) is 0 Å². The maximum atomic E-state index is 13.4. The number of nitrogens with one attached hydrogen (secondary N) is 1. The second-order valence-corrected chi connectivity index (χ2v) is 7.29. The summed E-state index contributed by atoms with van der Waals surface area (Å²) >= 11 is 0. The first-order valence-corrected chi connectivity index (χ1v) is 7.68. The molecule has 2 rings (SSSR count). The molecule has 0 amide bonds. The molecule has 1 unspecified atom stereocenters. The molecule has 5 nitrogen and oxygen atoms in total. The van der Waals surface area contributed by atoms with Gasteiger partial charge in [-0.3, -0.25) is 0 Å². The molecule has 0 bridgehead atoms.